The summed E-state index contributed by atoms with van der Waals surface area (Å²) in [7, 11) is -1.82. The van der Waals surface area contributed by atoms with Crippen LogP contribution >= 0.6 is 15.9 Å². The fourth-order valence-corrected chi connectivity index (χ4v) is 2.98. The molecule has 1 aromatic rings. The first-order valence-corrected chi connectivity index (χ1v) is 8.43. The third-order valence-corrected chi connectivity index (χ3v) is 4.89. The van der Waals surface area contributed by atoms with Gasteiger partial charge >= 0.3 is 0 Å². The molecule has 110 valence electrons. The molecule has 1 fully saturated rings. The Morgan fingerprint density at radius 2 is 1.85 bits per heavy atom. The summed E-state index contributed by atoms with van der Waals surface area (Å²) in [5, 5.41) is 5.10. The Morgan fingerprint density at radius 1 is 1.25 bits per heavy atom. The summed E-state index contributed by atoms with van der Waals surface area (Å²) in [5.41, 5.74) is 0.320. The number of primary sulfonamides is 1. The maximum absolute atomic E-state index is 12.4. The predicted molar refractivity (Wildman–Crippen MR) is 78.9 cm³/mol. The number of rotatable bonds is 2. The third kappa shape index (κ3) is 3.38. The molecule has 1 aromatic carbocycles. The van der Waals surface area contributed by atoms with Gasteiger partial charge in [-0.25, -0.2) is 13.6 Å². The van der Waals surface area contributed by atoms with E-state index in [9.17, 15) is 13.2 Å². The second kappa shape index (κ2) is 5.80. The number of sulfonamides is 1. The Hall–Kier alpha value is -0.960. The van der Waals surface area contributed by atoms with Gasteiger partial charge in [-0.1, -0.05) is 0 Å². The number of nitrogens with two attached hydrogens (primary N) is 1. The lowest BCUT2D eigenvalue weighted by atomic mass is 10.2. The van der Waals surface area contributed by atoms with Crippen LogP contribution in [0.4, 0.5) is 0 Å². The van der Waals surface area contributed by atoms with Gasteiger partial charge in [-0.15, -0.1) is 0 Å². The van der Waals surface area contributed by atoms with Gasteiger partial charge in [0.1, 0.15) is 0 Å². The molecule has 20 heavy (non-hydrogen) atoms. The molecule has 0 spiro atoms. The molecule has 0 bridgehead atoms. The maximum Gasteiger partial charge on any atom is 0.255 e. The highest BCUT2D eigenvalue weighted by Gasteiger charge is 2.23. The van der Waals surface area contributed by atoms with Crippen LogP contribution in [-0.4, -0.2) is 57.4 Å². The van der Waals surface area contributed by atoms with Gasteiger partial charge in [0.05, 0.1) is 10.5 Å². The molecule has 6 nitrogen and oxygen atoms in total. The van der Waals surface area contributed by atoms with Crippen molar-refractivity contribution in [3.8, 4) is 0 Å². The minimum absolute atomic E-state index is 0.0572. The summed E-state index contributed by atoms with van der Waals surface area (Å²) in [6, 6.07) is 4.23. The second-order valence-electron chi connectivity index (χ2n) is 4.78. The predicted octanol–water partition coefficient (Wildman–Crippen LogP) is 0.484. The van der Waals surface area contributed by atoms with E-state index in [1.54, 1.807) is 4.90 Å². The van der Waals surface area contributed by atoms with E-state index in [-0.39, 0.29) is 10.8 Å². The van der Waals surface area contributed by atoms with E-state index >= 15 is 0 Å². The Bertz CT molecular complexity index is 625. The number of carbonyl (C=O) groups is 1. The molecule has 1 saturated heterocycles. The fraction of sp³-hybridized carbons (Fsp3) is 0.417. The number of piperazine rings is 1. The van der Waals surface area contributed by atoms with Gasteiger partial charge in [0.25, 0.3) is 5.91 Å². The first-order valence-electron chi connectivity index (χ1n) is 6.09. The van der Waals surface area contributed by atoms with Gasteiger partial charge in [0.2, 0.25) is 10.0 Å². The van der Waals surface area contributed by atoms with Crippen molar-refractivity contribution in [3.63, 3.8) is 0 Å². The average Bonchev–Trinajstić information content (AvgIpc) is 2.38. The Balaban J connectivity index is 2.30. The fourth-order valence-electron chi connectivity index (χ4n) is 2.03. The van der Waals surface area contributed by atoms with Crippen molar-refractivity contribution in [3.05, 3.63) is 28.2 Å². The molecule has 0 saturated carbocycles. The standard InChI is InChI=1S/C12H16BrN3O3S/c1-15-4-6-16(7-5-15)12(17)10-8-9(20(14,18)19)2-3-11(10)13/h2-3,8H,4-7H2,1H3,(H2,14,18,19). The smallest absolute Gasteiger partial charge is 0.255 e. The Morgan fingerprint density at radius 3 is 2.40 bits per heavy atom. The van der Waals surface area contributed by atoms with E-state index < -0.39 is 10.0 Å². The van der Waals surface area contributed by atoms with Crippen molar-refractivity contribution in [2.45, 2.75) is 4.90 Å². The van der Waals surface area contributed by atoms with E-state index in [4.69, 9.17) is 5.14 Å². The topological polar surface area (TPSA) is 83.7 Å². The molecule has 8 heteroatoms. The first-order chi connectivity index (χ1) is 9.29. The highest BCUT2D eigenvalue weighted by molar-refractivity contribution is 9.10. The second-order valence-corrected chi connectivity index (χ2v) is 7.20. The molecule has 0 aromatic heterocycles. The molecule has 1 amide bonds. The van der Waals surface area contributed by atoms with E-state index in [2.05, 4.69) is 20.8 Å². The lowest BCUT2D eigenvalue weighted by Gasteiger charge is -2.32. The van der Waals surface area contributed by atoms with Crippen molar-refractivity contribution in [1.29, 1.82) is 0 Å². The molecule has 1 heterocycles. The molecular formula is C12H16BrN3O3S. The third-order valence-electron chi connectivity index (χ3n) is 3.29. The molecule has 1 aliphatic heterocycles. The first kappa shape index (κ1) is 15.4. The molecule has 0 unspecified atom stereocenters. The van der Waals surface area contributed by atoms with Crippen molar-refractivity contribution < 1.29 is 13.2 Å². The number of carbonyl (C=O) groups excluding carboxylic acids is 1. The highest BCUT2D eigenvalue weighted by atomic mass is 79.9. The number of amides is 1. The molecular weight excluding hydrogens is 346 g/mol. The van der Waals surface area contributed by atoms with E-state index in [1.165, 1.54) is 18.2 Å². The molecule has 2 N–H and O–H groups in total. The summed E-state index contributed by atoms with van der Waals surface area (Å²) in [6.07, 6.45) is 0. The monoisotopic (exact) mass is 361 g/mol. The van der Waals surface area contributed by atoms with Crippen molar-refractivity contribution in [2.75, 3.05) is 33.2 Å². The zero-order valence-electron chi connectivity index (χ0n) is 11.0. The summed E-state index contributed by atoms with van der Waals surface area (Å²) in [4.78, 5) is 16.2. The Labute approximate surface area is 126 Å². The van der Waals surface area contributed by atoms with E-state index in [0.717, 1.165) is 13.1 Å². The number of benzene rings is 1. The van der Waals surface area contributed by atoms with Crippen LogP contribution < -0.4 is 5.14 Å². The summed E-state index contributed by atoms with van der Waals surface area (Å²) in [5.74, 6) is -0.185. The molecule has 0 aliphatic carbocycles. The lowest BCUT2D eigenvalue weighted by Crippen LogP contribution is -2.47. The van der Waals surface area contributed by atoms with Crippen LogP contribution in [0.3, 0.4) is 0 Å². The van der Waals surface area contributed by atoms with Crippen LogP contribution in [0.15, 0.2) is 27.6 Å². The summed E-state index contributed by atoms with van der Waals surface area (Å²) < 4.78 is 23.3. The van der Waals surface area contributed by atoms with Gasteiger partial charge < -0.3 is 9.80 Å². The molecule has 1 aliphatic rings. The lowest BCUT2D eigenvalue weighted by molar-refractivity contribution is 0.0663. The van der Waals surface area contributed by atoms with Crippen LogP contribution in [0.25, 0.3) is 0 Å². The van der Waals surface area contributed by atoms with Crippen molar-refractivity contribution in [2.24, 2.45) is 5.14 Å². The van der Waals surface area contributed by atoms with Gasteiger partial charge in [0.15, 0.2) is 0 Å². The van der Waals surface area contributed by atoms with Crippen LogP contribution in [0.5, 0.6) is 0 Å². The highest BCUT2D eigenvalue weighted by Crippen LogP contribution is 2.22. The Kier molecular flexibility index (Phi) is 4.48. The maximum atomic E-state index is 12.4. The van der Waals surface area contributed by atoms with Crippen LogP contribution in [0.1, 0.15) is 10.4 Å². The van der Waals surface area contributed by atoms with Gasteiger partial charge in [0, 0.05) is 30.7 Å². The van der Waals surface area contributed by atoms with Gasteiger partial charge in [-0.3, -0.25) is 4.79 Å². The van der Waals surface area contributed by atoms with Gasteiger partial charge in [-0.05, 0) is 41.2 Å². The zero-order valence-corrected chi connectivity index (χ0v) is 13.4. The largest absolute Gasteiger partial charge is 0.336 e. The van der Waals surface area contributed by atoms with Crippen LogP contribution in [0, 0.1) is 0 Å². The SMILES string of the molecule is CN1CCN(C(=O)c2cc(S(N)(=O)=O)ccc2Br)CC1. The molecule has 2 rings (SSSR count). The van der Waals surface area contributed by atoms with Gasteiger partial charge in [-0.2, -0.15) is 0 Å². The van der Waals surface area contributed by atoms with Crippen molar-refractivity contribution >= 4 is 31.9 Å². The minimum Gasteiger partial charge on any atom is -0.336 e. The normalized spacial score (nSPS) is 17.2. The number of hydrogen-bond acceptors (Lipinski definition) is 4. The number of nitrogens with zero attached hydrogens (tertiary/aromatic N) is 2. The molecule has 0 atom stereocenters. The zero-order chi connectivity index (χ0) is 14.9. The minimum atomic E-state index is -3.81. The number of likely N-dealkylation sites (N-methyl/N-ethyl adjacent to an activating group) is 1. The van der Waals surface area contributed by atoms with Crippen molar-refractivity contribution in [1.82, 2.24) is 9.80 Å². The summed E-state index contributed by atoms with van der Waals surface area (Å²) in [6.45, 7) is 2.86. The molecule has 0 radical (unpaired) electrons. The number of halogens is 1. The van der Waals surface area contributed by atoms with Crippen LogP contribution in [-0.2, 0) is 10.0 Å². The van der Waals surface area contributed by atoms with E-state index in [1.807, 2.05) is 7.05 Å². The van der Waals surface area contributed by atoms with Crippen LogP contribution in [0.2, 0.25) is 0 Å². The average molecular weight is 362 g/mol. The number of hydrogen-bond donors (Lipinski definition) is 1. The quantitative estimate of drug-likeness (QED) is 0.830. The van der Waals surface area contributed by atoms with E-state index in [0.29, 0.717) is 23.1 Å². The summed E-state index contributed by atoms with van der Waals surface area (Å²) >= 11 is 3.28.